The molecule has 0 bridgehead atoms. The predicted molar refractivity (Wildman–Crippen MR) is 104 cm³/mol. The van der Waals surface area contributed by atoms with Gasteiger partial charge in [0.2, 0.25) is 5.91 Å². The fourth-order valence-corrected chi connectivity index (χ4v) is 3.10. The molecular formula is C21H16F2N4O. The van der Waals surface area contributed by atoms with Crippen molar-refractivity contribution in [3.8, 4) is 11.1 Å². The Hall–Kier alpha value is -3.74. The molecule has 1 amide bonds. The first kappa shape index (κ1) is 17.7. The van der Waals surface area contributed by atoms with Crippen molar-refractivity contribution in [3.63, 3.8) is 0 Å². The van der Waals surface area contributed by atoms with E-state index >= 15 is 0 Å². The van der Waals surface area contributed by atoms with Crippen LogP contribution in [-0.4, -0.2) is 15.9 Å². The molecule has 0 saturated carbocycles. The number of carbonyl (C=O) groups excluding carboxylic acids is 1. The number of anilines is 1. The van der Waals surface area contributed by atoms with Gasteiger partial charge in [0, 0.05) is 35.3 Å². The van der Waals surface area contributed by atoms with E-state index in [0.29, 0.717) is 22.5 Å². The number of nitrogens with two attached hydrogens (primary N) is 1. The van der Waals surface area contributed by atoms with Crippen molar-refractivity contribution in [2.24, 2.45) is 5.73 Å². The minimum Gasteiger partial charge on any atom is -0.380 e. The number of halogens is 2. The molecule has 0 aliphatic heterocycles. The quantitative estimate of drug-likeness (QED) is 0.486. The van der Waals surface area contributed by atoms with Crippen molar-refractivity contribution in [2.75, 3.05) is 5.32 Å². The largest absolute Gasteiger partial charge is 0.380 e. The molecule has 28 heavy (non-hydrogen) atoms. The number of hydrogen-bond donors (Lipinski definition) is 3. The molecule has 4 rings (SSSR count). The Morgan fingerprint density at radius 3 is 2.64 bits per heavy atom. The fourth-order valence-electron chi connectivity index (χ4n) is 3.10. The summed E-state index contributed by atoms with van der Waals surface area (Å²) in [7, 11) is 0. The minimum atomic E-state index is -0.618. The Bertz CT molecular complexity index is 1170. The molecule has 0 radical (unpaired) electrons. The lowest BCUT2D eigenvalue weighted by molar-refractivity contribution is 0.100. The van der Waals surface area contributed by atoms with E-state index in [1.165, 1.54) is 12.1 Å². The third-order valence-corrected chi connectivity index (χ3v) is 4.41. The van der Waals surface area contributed by atoms with Crippen LogP contribution in [-0.2, 0) is 6.54 Å². The lowest BCUT2D eigenvalue weighted by Gasteiger charge is -2.08. The smallest absolute Gasteiger partial charge is 0.248 e. The van der Waals surface area contributed by atoms with Gasteiger partial charge in [-0.2, -0.15) is 0 Å². The maximum absolute atomic E-state index is 13.3. The number of benzene rings is 2. The number of amides is 1. The van der Waals surface area contributed by atoms with Gasteiger partial charge in [-0.15, -0.1) is 0 Å². The van der Waals surface area contributed by atoms with Crippen LogP contribution >= 0.6 is 0 Å². The van der Waals surface area contributed by atoms with Gasteiger partial charge in [-0.25, -0.2) is 13.8 Å². The highest BCUT2D eigenvalue weighted by molar-refractivity contribution is 5.98. The maximum atomic E-state index is 13.3. The lowest BCUT2D eigenvalue weighted by Crippen LogP contribution is -2.10. The molecule has 2 aromatic carbocycles. The maximum Gasteiger partial charge on any atom is 0.248 e. The van der Waals surface area contributed by atoms with E-state index in [4.69, 9.17) is 5.73 Å². The molecule has 4 aromatic rings. The van der Waals surface area contributed by atoms with Crippen LogP contribution in [0.25, 0.3) is 22.2 Å². The van der Waals surface area contributed by atoms with Crippen molar-refractivity contribution < 1.29 is 13.6 Å². The van der Waals surface area contributed by atoms with E-state index in [1.807, 2.05) is 18.3 Å². The Kier molecular flexibility index (Phi) is 4.49. The van der Waals surface area contributed by atoms with E-state index in [0.717, 1.165) is 22.6 Å². The highest BCUT2D eigenvalue weighted by atomic mass is 19.1. The number of nitrogens with one attached hydrogen (secondary N) is 2. The second-order valence-corrected chi connectivity index (χ2v) is 6.40. The zero-order chi connectivity index (χ0) is 19.7. The molecular weight excluding hydrogens is 362 g/mol. The summed E-state index contributed by atoms with van der Waals surface area (Å²) in [5.41, 5.74) is 9.35. The fraction of sp³-hybridized carbons (Fsp3) is 0.0476. The van der Waals surface area contributed by atoms with Gasteiger partial charge in [-0.05, 0) is 41.5 Å². The Labute approximate surface area is 159 Å². The summed E-state index contributed by atoms with van der Waals surface area (Å²) in [6, 6.07) is 12.3. The van der Waals surface area contributed by atoms with Crippen molar-refractivity contribution in [1.82, 2.24) is 9.97 Å². The van der Waals surface area contributed by atoms with Gasteiger partial charge in [0.15, 0.2) is 0 Å². The standard InChI is InChI=1S/C21H16F2N4O/c22-15-4-12(5-16(23)7-15)9-25-17-8-18-19(11-27-21(18)26-10-17)13-2-1-3-14(6-13)20(24)28/h1-8,10-11,25H,9H2,(H2,24,28)(H,26,27). The summed E-state index contributed by atoms with van der Waals surface area (Å²) in [5.74, 6) is -1.73. The topological polar surface area (TPSA) is 83.8 Å². The summed E-state index contributed by atoms with van der Waals surface area (Å²) in [6.07, 6.45) is 3.45. The SMILES string of the molecule is NC(=O)c1cccc(-c2c[nH]c3ncc(NCc4cc(F)cc(F)c4)cc23)c1. The number of carbonyl (C=O) groups is 1. The van der Waals surface area contributed by atoms with Crippen LogP contribution in [0.3, 0.4) is 0 Å². The zero-order valence-electron chi connectivity index (χ0n) is 14.7. The number of H-pyrrole nitrogens is 1. The van der Waals surface area contributed by atoms with E-state index in [2.05, 4.69) is 15.3 Å². The van der Waals surface area contributed by atoms with Crippen LogP contribution in [0.5, 0.6) is 0 Å². The summed E-state index contributed by atoms with van der Waals surface area (Å²) < 4.78 is 26.7. The Morgan fingerprint density at radius 1 is 1.11 bits per heavy atom. The average Bonchev–Trinajstić information content (AvgIpc) is 3.09. The summed E-state index contributed by atoms with van der Waals surface area (Å²) in [5, 5.41) is 3.97. The van der Waals surface area contributed by atoms with Gasteiger partial charge in [-0.1, -0.05) is 12.1 Å². The third-order valence-electron chi connectivity index (χ3n) is 4.41. The van der Waals surface area contributed by atoms with Gasteiger partial charge in [0.25, 0.3) is 0 Å². The molecule has 140 valence electrons. The number of pyridine rings is 1. The number of aromatic amines is 1. The molecule has 5 nitrogen and oxygen atoms in total. The molecule has 0 unspecified atom stereocenters. The van der Waals surface area contributed by atoms with E-state index in [9.17, 15) is 13.6 Å². The molecule has 0 aliphatic rings. The highest BCUT2D eigenvalue weighted by Crippen LogP contribution is 2.30. The predicted octanol–water partition coefficient (Wildman–Crippen LogP) is 4.22. The van der Waals surface area contributed by atoms with Gasteiger partial charge in [0.05, 0.1) is 11.9 Å². The van der Waals surface area contributed by atoms with E-state index in [-0.39, 0.29) is 6.54 Å². The van der Waals surface area contributed by atoms with Gasteiger partial charge in [-0.3, -0.25) is 4.79 Å². The Balaban J connectivity index is 1.64. The van der Waals surface area contributed by atoms with E-state index in [1.54, 1.807) is 24.4 Å². The summed E-state index contributed by atoms with van der Waals surface area (Å²) in [6.45, 7) is 0.249. The number of rotatable bonds is 5. The van der Waals surface area contributed by atoms with Crippen LogP contribution in [0.15, 0.2) is 60.9 Å². The average molecular weight is 378 g/mol. The van der Waals surface area contributed by atoms with Gasteiger partial charge >= 0.3 is 0 Å². The van der Waals surface area contributed by atoms with Crippen molar-refractivity contribution >= 4 is 22.6 Å². The van der Waals surface area contributed by atoms with Crippen LogP contribution in [0.2, 0.25) is 0 Å². The first-order valence-corrected chi connectivity index (χ1v) is 8.56. The minimum absolute atomic E-state index is 0.249. The lowest BCUT2D eigenvalue weighted by atomic mass is 10.0. The molecule has 4 N–H and O–H groups in total. The van der Waals surface area contributed by atoms with Crippen LogP contribution in [0.1, 0.15) is 15.9 Å². The Morgan fingerprint density at radius 2 is 1.89 bits per heavy atom. The molecule has 0 saturated heterocycles. The summed E-state index contributed by atoms with van der Waals surface area (Å²) >= 11 is 0. The third kappa shape index (κ3) is 3.55. The highest BCUT2D eigenvalue weighted by Gasteiger charge is 2.10. The molecule has 0 aliphatic carbocycles. The van der Waals surface area contributed by atoms with Crippen molar-refractivity contribution in [3.05, 3.63) is 83.7 Å². The molecule has 2 aromatic heterocycles. The first-order valence-electron chi connectivity index (χ1n) is 8.56. The van der Waals surface area contributed by atoms with E-state index < -0.39 is 17.5 Å². The van der Waals surface area contributed by atoms with Gasteiger partial charge in [0.1, 0.15) is 17.3 Å². The number of hydrogen-bond acceptors (Lipinski definition) is 3. The first-order chi connectivity index (χ1) is 13.5. The van der Waals surface area contributed by atoms with Crippen molar-refractivity contribution in [1.29, 1.82) is 0 Å². The molecule has 2 heterocycles. The normalized spacial score (nSPS) is 10.9. The second kappa shape index (κ2) is 7.11. The molecule has 0 atom stereocenters. The number of fused-ring (bicyclic) bond motifs is 1. The van der Waals surface area contributed by atoms with Crippen LogP contribution in [0, 0.1) is 11.6 Å². The van der Waals surface area contributed by atoms with Crippen molar-refractivity contribution in [2.45, 2.75) is 6.54 Å². The number of primary amides is 1. The molecule has 0 spiro atoms. The second-order valence-electron chi connectivity index (χ2n) is 6.40. The number of nitrogens with zero attached hydrogens (tertiary/aromatic N) is 1. The van der Waals surface area contributed by atoms with Crippen LogP contribution < -0.4 is 11.1 Å². The monoisotopic (exact) mass is 378 g/mol. The summed E-state index contributed by atoms with van der Waals surface area (Å²) in [4.78, 5) is 18.9. The van der Waals surface area contributed by atoms with Gasteiger partial charge < -0.3 is 16.0 Å². The molecule has 7 heteroatoms. The molecule has 0 fully saturated rings. The zero-order valence-corrected chi connectivity index (χ0v) is 14.7. The number of aromatic nitrogens is 2. The van der Waals surface area contributed by atoms with Crippen LogP contribution in [0.4, 0.5) is 14.5 Å².